The highest BCUT2D eigenvalue weighted by atomic mass is 16.5. The number of ketones is 1. The number of Topliss-reactive ketones (excluding diaryl/α,β-unsaturated/α-hetero) is 1. The molecular weight excluding hydrogens is 288 g/mol. The summed E-state index contributed by atoms with van der Waals surface area (Å²) in [6, 6.07) is 4.05. The molecule has 1 aliphatic heterocycles. The van der Waals surface area contributed by atoms with Crippen molar-refractivity contribution in [3.63, 3.8) is 0 Å². The average Bonchev–Trinajstić information content (AvgIpc) is 2.49. The van der Waals surface area contributed by atoms with Crippen molar-refractivity contribution in [1.82, 2.24) is 10.2 Å². The number of hydrogen-bond donors (Lipinski definition) is 1. The van der Waals surface area contributed by atoms with Crippen molar-refractivity contribution in [2.75, 3.05) is 32.7 Å². The fourth-order valence-corrected chi connectivity index (χ4v) is 3.16. The molecule has 0 amide bonds. The van der Waals surface area contributed by atoms with Gasteiger partial charge in [0.1, 0.15) is 5.75 Å². The normalized spacial score (nSPS) is 17.3. The fourth-order valence-electron chi connectivity index (χ4n) is 3.16. The molecule has 1 N–H and O–H groups in total. The van der Waals surface area contributed by atoms with E-state index < -0.39 is 0 Å². The Bertz CT molecular complexity index is 549. The van der Waals surface area contributed by atoms with Gasteiger partial charge >= 0.3 is 0 Å². The number of benzene rings is 1. The van der Waals surface area contributed by atoms with Crippen LogP contribution in [0, 0.1) is 19.8 Å². The fraction of sp³-hybridized carbons (Fsp3) is 0.632. The number of ether oxygens (including phenoxy) is 1. The van der Waals surface area contributed by atoms with Crippen molar-refractivity contribution < 1.29 is 9.53 Å². The van der Waals surface area contributed by atoms with E-state index in [-0.39, 0.29) is 17.8 Å². The lowest BCUT2D eigenvalue weighted by molar-refractivity contribution is 0.0881. The second kappa shape index (κ2) is 7.93. The Morgan fingerprint density at radius 3 is 2.48 bits per heavy atom. The molecule has 0 aliphatic carbocycles. The maximum Gasteiger partial charge on any atom is 0.170 e. The molecule has 0 saturated carbocycles. The lowest BCUT2D eigenvalue weighted by atomic mass is 9.94. The van der Waals surface area contributed by atoms with Gasteiger partial charge < -0.3 is 15.0 Å². The Hall–Kier alpha value is -1.39. The first kappa shape index (κ1) is 18.0. The second-order valence-electron chi connectivity index (χ2n) is 6.94. The first-order chi connectivity index (χ1) is 10.9. The van der Waals surface area contributed by atoms with E-state index in [0.717, 1.165) is 55.2 Å². The highest BCUT2D eigenvalue weighted by Gasteiger charge is 2.24. The number of nitrogens with one attached hydrogen (secondary N) is 1. The SMILES string of the molecule is Cc1cc(C)c(OC(C)C)c(C(=O)C(C)CN2CCNCC2)c1. The van der Waals surface area contributed by atoms with E-state index in [1.165, 1.54) is 0 Å². The largest absolute Gasteiger partial charge is 0.490 e. The van der Waals surface area contributed by atoms with Crippen LogP contribution in [0.3, 0.4) is 0 Å². The van der Waals surface area contributed by atoms with Crippen molar-refractivity contribution in [3.8, 4) is 5.75 Å². The lowest BCUT2D eigenvalue weighted by Crippen LogP contribution is -2.45. The quantitative estimate of drug-likeness (QED) is 0.819. The summed E-state index contributed by atoms with van der Waals surface area (Å²) in [5, 5.41) is 3.35. The van der Waals surface area contributed by atoms with Crippen molar-refractivity contribution in [2.24, 2.45) is 5.92 Å². The molecule has 0 spiro atoms. The van der Waals surface area contributed by atoms with Gasteiger partial charge in [0.25, 0.3) is 0 Å². The molecule has 1 aromatic carbocycles. The predicted molar refractivity (Wildman–Crippen MR) is 94.5 cm³/mol. The monoisotopic (exact) mass is 318 g/mol. The molecule has 1 saturated heterocycles. The third-order valence-electron chi connectivity index (χ3n) is 4.23. The summed E-state index contributed by atoms with van der Waals surface area (Å²) < 4.78 is 5.95. The third kappa shape index (κ3) is 4.79. The summed E-state index contributed by atoms with van der Waals surface area (Å²) in [7, 11) is 0. The van der Waals surface area contributed by atoms with Crippen LogP contribution in [-0.2, 0) is 0 Å². The molecule has 1 aromatic rings. The van der Waals surface area contributed by atoms with Gasteiger partial charge in [0.15, 0.2) is 5.78 Å². The first-order valence-corrected chi connectivity index (χ1v) is 8.63. The highest BCUT2D eigenvalue weighted by Crippen LogP contribution is 2.29. The van der Waals surface area contributed by atoms with Crippen molar-refractivity contribution in [3.05, 3.63) is 28.8 Å². The van der Waals surface area contributed by atoms with Gasteiger partial charge in [-0.1, -0.05) is 13.0 Å². The molecule has 0 bridgehead atoms. The zero-order valence-corrected chi connectivity index (χ0v) is 15.1. The van der Waals surface area contributed by atoms with E-state index >= 15 is 0 Å². The molecule has 1 unspecified atom stereocenters. The molecule has 1 heterocycles. The Kier molecular flexibility index (Phi) is 6.19. The van der Waals surface area contributed by atoms with Crippen LogP contribution in [0.2, 0.25) is 0 Å². The number of nitrogens with zero attached hydrogens (tertiary/aromatic N) is 1. The summed E-state index contributed by atoms with van der Waals surface area (Å²) >= 11 is 0. The number of carbonyl (C=O) groups excluding carboxylic acids is 1. The molecule has 23 heavy (non-hydrogen) atoms. The maximum absolute atomic E-state index is 13.0. The van der Waals surface area contributed by atoms with Crippen molar-refractivity contribution in [1.29, 1.82) is 0 Å². The van der Waals surface area contributed by atoms with Crippen LogP contribution in [-0.4, -0.2) is 49.5 Å². The Morgan fingerprint density at radius 1 is 1.22 bits per heavy atom. The maximum atomic E-state index is 13.0. The van der Waals surface area contributed by atoms with E-state index in [0.29, 0.717) is 0 Å². The first-order valence-electron chi connectivity index (χ1n) is 8.63. The van der Waals surface area contributed by atoms with Crippen molar-refractivity contribution in [2.45, 2.75) is 40.7 Å². The molecular formula is C19H30N2O2. The predicted octanol–water partition coefficient (Wildman–Crippen LogP) is 2.81. The van der Waals surface area contributed by atoms with Crippen LogP contribution in [0.5, 0.6) is 5.75 Å². The van der Waals surface area contributed by atoms with Gasteiger partial charge in [-0.25, -0.2) is 0 Å². The van der Waals surface area contributed by atoms with Gasteiger partial charge in [-0.15, -0.1) is 0 Å². The van der Waals surface area contributed by atoms with Crippen LogP contribution in [0.4, 0.5) is 0 Å². The number of piperazine rings is 1. The zero-order chi connectivity index (χ0) is 17.0. The Labute approximate surface area is 140 Å². The van der Waals surface area contributed by atoms with E-state index in [1.54, 1.807) is 0 Å². The minimum Gasteiger partial charge on any atom is -0.490 e. The van der Waals surface area contributed by atoms with Crippen LogP contribution in [0.25, 0.3) is 0 Å². The van der Waals surface area contributed by atoms with Gasteiger partial charge in [-0.3, -0.25) is 4.79 Å². The number of aryl methyl sites for hydroxylation is 2. The zero-order valence-electron chi connectivity index (χ0n) is 15.1. The Morgan fingerprint density at radius 2 is 1.87 bits per heavy atom. The molecule has 4 nitrogen and oxygen atoms in total. The van der Waals surface area contributed by atoms with E-state index in [9.17, 15) is 4.79 Å². The standard InChI is InChI=1S/C19H30N2O2/c1-13(2)23-19-15(4)10-14(3)11-17(19)18(22)16(5)12-21-8-6-20-7-9-21/h10-11,13,16,20H,6-9,12H2,1-5H3. The molecule has 1 atom stereocenters. The molecule has 2 rings (SSSR count). The number of carbonyl (C=O) groups is 1. The van der Waals surface area contributed by atoms with Crippen LogP contribution in [0.15, 0.2) is 12.1 Å². The average molecular weight is 318 g/mol. The van der Waals surface area contributed by atoms with E-state index in [2.05, 4.69) is 16.3 Å². The smallest absolute Gasteiger partial charge is 0.170 e. The van der Waals surface area contributed by atoms with Gasteiger partial charge in [0.2, 0.25) is 0 Å². The van der Waals surface area contributed by atoms with Crippen LogP contribution in [0.1, 0.15) is 42.3 Å². The molecule has 1 aliphatic rings. The minimum absolute atomic E-state index is 0.0242. The molecule has 4 heteroatoms. The van der Waals surface area contributed by atoms with Crippen molar-refractivity contribution >= 4 is 5.78 Å². The Balaban J connectivity index is 2.19. The third-order valence-corrected chi connectivity index (χ3v) is 4.23. The minimum atomic E-state index is -0.0242. The van der Waals surface area contributed by atoms with Gasteiger partial charge in [0.05, 0.1) is 11.7 Å². The van der Waals surface area contributed by atoms with Gasteiger partial charge in [-0.05, 0) is 44.9 Å². The summed E-state index contributed by atoms with van der Waals surface area (Å²) in [4.78, 5) is 15.4. The molecule has 0 radical (unpaired) electrons. The summed E-state index contributed by atoms with van der Waals surface area (Å²) in [6.07, 6.45) is 0.0615. The van der Waals surface area contributed by atoms with E-state index in [1.807, 2.05) is 40.7 Å². The summed E-state index contributed by atoms with van der Waals surface area (Å²) in [6.45, 7) is 14.9. The summed E-state index contributed by atoms with van der Waals surface area (Å²) in [5.41, 5.74) is 2.88. The number of hydrogen-bond acceptors (Lipinski definition) is 4. The van der Waals surface area contributed by atoms with Gasteiger partial charge in [0, 0.05) is 38.6 Å². The highest BCUT2D eigenvalue weighted by molar-refractivity contribution is 6.00. The lowest BCUT2D eigenvalue weighted by Gasteiger charge is -2.29. The molecule has 1 fully saturated rings. The summed E-state index contributed by atoms with van der Waals surface area (Å²) in [5.74, 6) is 0.914. The number of rotatable bonds is 6. The van der Waals surface area contributed by atoms with Crippen LogP contribution >= 0.6 is 0 Å². The van der Waals surface area contributed by atoms with Gasteiger partial charge in [-0.2, -0.15) is 0 Å². The topological polar surface area (TPSA) is 41.6 Å². The molecule has 0 aromatic heterocycles. The second-order valence-corrected chi connectivity index (χ2v) is 6.94. The van der Waals surface area contributed by atoms with Crippen LogP contribution < -0.4 is 10.1 Å². The molecule has 128 valence electrons. The van der Waals surface area contributed by atoms with E-state index in [4.69, 9.17) is 4.74 Å².